The van der Waals surface area contributed by atoms with Crippen molar-refractivity contribution in [1.29, 1.82) is 0 Å². The molecule has 23 heavy (non-hydrogen) atoms. The van der Waals surface area contributed by atoms with Crippen molar-refractivity contribution in [3.8, 4) is 0 Å². The van der Waals surface area contributed by atoms with Gasteiger partial charge in [-0.15, -0.1) is 0 Å². The summed E-state index contributed by atoms with van der Waals surface area (Å²) in [7, 11) is 0. The molecule has 1 unspecified atom stereocenters. The van der Waals surface area contributed by atoms with Crippen molar-refractivity contribution in [3.05, 3.63) is 23.3 Å². The third-order valence-electron chi connectivity index (χ3n) is 8.35. The van der Waals surface area contributed by atoms with E-state index in [-0.39, 0.29) is 5.41 Å². The number of carbonyl (C=O) groups is 1. The monoisotopic (exact) mass is 312 g/mol. The molecular formula is C22H32O. The Labute approximate surface area is 141 Å². The summed E-state index contributed by atoms with van der Waals surface area (Å²) in [5.74, 6) is 3.45. The van der Waals surface area contributed by atoms with E-state index in [1.165, 1.54) is 38.5 Å². The Morgan fingerprint density at radius 1 is 1.09 bits per heavy atom. The van der Waals surface area contributed by atoms with Gasteiger partial charge in [0.2, 0.25) is 0 Å². The average molecular weight is 312 g/mol. The SMILES string of the molecule is C/C=C1\C(=O)C[C@H]2[C@@H]3CC=C4C[C@@H](C)CCC4(C)[C@H]3CC[C@]12C. The van der Waals surface area contributed by atoms with Crippen LogP contribution in [-0.4, -0.2) is 5.78 Å². The topological polar surface area (TPSA) is 17.1 Å². The van der Waals surface area contributed by atoms with E-state index in [9.17, 15) is 4.79 Å². The van der Waals surface area contributed by atoms with E-state index >= 15 is 0 Å². The van der Waals surface area contributed by atoms with Crippen molar-refractivity contribution in [2.24, 2.45) is 34.5 Å². The normalized spacial score (nSPS) is 51.0. The number of Topliss-reactive ketones (excluding diaryl/α,β-unsaturated/α-hetero) is 1. The van der Waals surface area contributed by atoms with Crippen LogP contribution in [-0.2, 0) is 4.79 Å². The molecule has 4 rings (SSSR count). The molecule has 0 bridgehead atoms. The van der Waals surface area contributed by atoms with Crippen LogP contribution in [0.3, 0.4) is 0 Å². The molecule has 126 valence electrons. The van der Waals surface area contributed by atoms with Gasteiger partial charge in [-0.25, -0.2) is 0 Å². The van der Waals surface area contributed by atoms with Crippen molar-refractivity contribution in [1.82, 2.24) is 0 Å². The molecule has 0 radical (unpaired) electrons. The Bertz CT molecular complexity index is 597. The van der Waals surface area contributed by atoms with Crippen LogP contribution in [0.5, 0.6) is 0 Å². The molecule has 0 saturated heterocycles. The van der Waals surface area contributed by atoms with Crippen LogP contribution in [0.4, 0.5) is 0 Å². The van der Waals surface area contributed by atoms with Crippen molar-refractivity contribution in [2.75, 3.05) is 0 Å². The summed E-state index contributed by atoms with van der Waals surface area (Å²) in [6.45, 7) is 9.42. The standard InChI is InChI=1S/C22H32O/c1-5-17-20(23)13-19-16-7-6-15-12-14(2)8-10-21(15,3)18(16)9-11-22(17,19)4/h5-6,14,16,18-19H,7-13H2,1-4H3/b17-5+/t14-,16+,18-,19-,21?,22+/m0/s1. The van der Waals surface area contributed by atoms with E-state index in [4.69, 9.17) is 0 Å². The van der Waals surface area contributed by atoms with Crippen LogP contribution < -0.4 is 0 Å². The Morgan fingerprint density at radius 2 is 1.83 bits per heavy atom. The smallest absolute Gasteiger partial charge is 0.159 e. The number of hydrogen-bond donors (Lipinski definition) is 0. The van der Waals surface area contributed by atoms with E-state index in [2.05, 4.69) is 39.8 Å². The lowest BCUT2D eigenvalue weighted by atomic mass is 9.47. The van der Waals surface area contributed by atoms with E-state index in [1.807, 2.05) is 0 Å². The number of rotatable bonds is 0. The van der Waals surface area contributed by atoms with Crippen LogP contribution in [0.15, 0.2) is 23.3 Å². The van der Waals surface area contributed by atoms with Crippen LogP contribution >= 0.6 is 0 Å². The maximum Gasteiger partial charge on any atom is 0.159 e. The lowest BCUT2D eigenvalue weighted by Gasteiger charge is -2.57. The molecular weight excluding hydrogens is 280 g/mol. The average Bonchev–Trinajstić information content (AvgIpc) is 2.77. The van der Waals surface area contributed by atoms with Crippen LogP contribution in [0.25, 0.3) is 0 Å². The second-order valence-corrected chi connectivity index (χ2v) is 9.39. The lowest BCUT2D eigenvalue weighted by Crippen LogP contribution is -2.49. The third kappa shape index (κ3) is 2.01. The minimum Gasteiger partial charge on any atom is -0.295 e. The van der Waals surface area contributed by atoms with E-state index in [0.29, 0.717) is 17.1 Å². The van der Waals surface area contributed by atoms with Gasteiger partial charge in [0.05, 0.1) is 0 Å². The highest BCUT2D eigenvalue weighted by Crippen LogP contribution is 2.65. The molecule has 0 spiro atoms. The Balaban J connectivity index is 1.71. The summed E-state index contributed by atoms with van der Waals surface area (Å²) in [5, 5.41) is 0. The molecule has 0 aliphatic heterocycles. The van der Waals surface area contributed by atoms with Gasteiger partial charge in [0, 0.05) is 6.42 Å². The number of carbonyl (C=O) groups excluding carboxylic acids is 1. The number of allylic oxidation sites excluding steroid dienone is 4. The first-order chi connectivity index (χ1) is 10.9. The molecule has 0 N–H and O–H groups in total. The number of ketones is 1. The molecule has 0 aromatic heterocycles. The number of fused-ring (bicyclic) bond motifs is 5. The number of hydrogen-bond acceptors (Lipinski definition) is 1. The predicted octanol–water partition coefficient (Wildman–Crippen LogP) is 5.71. The molecule has 0 aromatic carbocycles. The van der Waals surface area contributed by atoms with Crippen LogP contribution in [0.1, 0.15) is 72.6 Å². The Kier molecular flexibility index (Phi) is 3.45. The Hall–Kier alpha value is -0.850. The molecule has 3 fully saturated rings. The zero-order chi connectivity index (χ0) is 16.4. The van der Waals surface area contributed by atoms with Crippen molar-refractivity contribution < 1.29 is 4.79 Å². The van der Waals surface area contributed by atoms with Crippen molar-refractivity contribution in [2.45, 2.75) is 72.6 Å². The summed E-state index contributed by atoms with van der Waals surface area (Å²) < 4.78 is 0. The molecule has 0 amide bonds. The zero-order valence-corrected chi connectivity index (χ0v) is 15.3. The van der Waals surface area contributed by atoms with Gasteiger partial charge in [-0.2, -0.15) is 0 Å². The minimum atomic E-state index is 0.163. The van der Waals surface area contributed by atoms with Gasteiger partial charge in [0.25, 0.3) is 0 Å². The maximum absolute atomic E-state index is 12.6. The molecule has 6 atom stereocenters. The molecule has 4 aliphatic carbocycles. The molecule has 0 heterocycles. The van der Waals surface area contributed by atoms with E-state index in [1.54, 1.807) is 5.57 Å². The highest BCUT2D eigenvalue weighted by atomic mass is 16.1. The van der Waals surface area contributed by atoms with Gasteiger partial charge in [-0.1, -0.05) is 38.5 Å². The second-order valence-electron chi connectivity index (χ2n) is 9.39. The van der Waals surface area contributed by atoms with E-state index in [0.717, 1.165) is 29.7 Å². The lowest BCUT2D eigenvalue weighted by molar-refractivity contribution is -0.115. The van der Waals surface area contributed by atoms with Crippen LogP contribution in [0, 0.1) is 34.5 Å². The van der Waals surface area contributed by atoms with Gasteiger partial charge < -0.3 is 0 Å². The fourth-order valence-electron chi connectivity index (χ4n) is 6.99. The minimum absolute atomic E-state index is 0.163. The predicted molar refractivity (Wildman–Crippen MR) is 95.0 cm³/mol. The van der Waals surface area contributed by atoms with Crippen LogP contribution in [0.2, 0.25) is 0 Å². The molecule has 4 aliphatic rings. The quantitative estimate of drug-likeness (QED) is 0.413. The fraction of sp³-hybridized carbons (Fsp3) is 0.773. The van der Waals surface area contributed by atoms with Gasteiger partial charge in [0.15, 0.2) is 5.78 Å². The van der Waals surface area contributed by atoms with E-state index < -0.39 is 0 Å². The first-order valence-corrected chi connectivity index (χ1v) is 9.79. The molecule has 1 nitrogen and oxygen atoms in total. The Morgan fingerprint density at radius 3 is 2.57 bits per heavy atom. The first-order valence-electron chi connectivity index (χ1n) is 9.79. The molecule has 3 saturated carbocycles. The summed E-state index contributed by atoms with van der Waals surface area (Å²) in [6.07, 6.45) is 13.4. The highest BCUT2D eigenvalue weighted by molar-refractivity contribution is 5.99. The third-order valence-corrected chi connectivity index (χ3v) is 8.35. The van der Waals surface area contributed by atoms with Crippen molar-refractivity contribution in [3.63, 3.8) is 0 Å². The van der Waals surface area contributed by atoms with Gasteiger partial charge in [-0.05, 0) is 85.5 Å². The summed E-state index contributed by atoms with van der Waals surface area (Å²) in [6, 6.07) is 0. The highest BCUT2D eigenvalue weighted by Gasteiger charge is 2.58. The van der Waals surface area contributed by atoms with Gasteiger partial charge in [-0.3, -0.25) is 4.79 Å². The van der Waals surface area contributed by atoms with Gasteiger partial charge >= 0.3 is 0 Å². The maximum atomic E-state index is 12.6. The summed E-state index contributed by atoms with van der Waals surface area (Å²) in [4.78, 5) is 12.6. The largest absolute Gasteiger partial charge is 0.295 e. The van der Waals surface area contributed by atoms with Crippen molar-refractivity contribution >= 4 is 5.78 Å². The summed E-state index contributed by atoms with van der Waals surface area (Å²) >= 11 is 0. The van der Waals surface area contributed by atoms with Gasteiger partial charge in [0.1, 0.15) is 0 Å². The molecule has 1 heteroatoms. The molecule has 0 aromatic rings. The zero-order valence-electron chi connectivity index (χ0n) is 15.3. The fourth-order valence-corrected chi connectivity index (χ4v) is 6.99. The summed E-state index contributed by atoms with van der Waals surface area (Å²) in [5.41, 5.74) is 3.50. The second kappa shape index (κ2) is 5.07. The first kappa shape index (κ1) is 15.7.